The molecule has 2 fully saturated rings. The Balaban J connectivity index is 0.931. The standard InChI is InChI=1S/C29H38N4O2S/c1-32-18-24-23(3-2-4-25(24)31-32)27(34)17-21-7-5-20(6-8-21)11-14-33-15-12-26-28(13-16-33)36-29(30-26)35-19-22-9-10-22/h2-4,18,20-22H,5-17,19H2,1H3. The Bertz CT molecular complexity index is 1180. The van der Waals surface area contributed by atoms with Gasteiger partial charge < -0.3 is 9.64 Å². The number of thiazole rings is 1. The van der Waals surface area contributed by atoms with Crippen LogP contribution in [-0.2, 0) is 19.9 Å². The summed E-state index contributed by atoms with van der Waals surface area (Å²) in [6.07, 6.45) is 13.6. The predicted octanol–water partition coefficient (Wildman–Crippen LogP) is 5.69. The number of fused-ring (bicyclic) bond motifs is 2. The number of Topliss-reactive ketones (excluding diaryl/α,β-unsaturated/α-hetero) is 1. The SMILES string of the molecule is Cn1cc2c(C(=O)CC3CCC(CCN4CCc5nc(OCC6CC6)sc5CC4)CC3)cccc2n1. The zero-order valence-corrected chi connectivity index (χ0v) is 22.3. The molecular weight excluding hydrogens is 468 g/mol. The van der Waals surface area contributed by atoms with Crippen LogP contribution in [0.3, 0.4) is 0 Å². The number of rotatable bonds is 9. The van der Waals surface area contributed by atoms with Crippen LogP contribution in [0.1, 0.15) is 72.3 Å². The summed E-state index contributed by atoms with van der Waals surface area (Å²) in [7, 11) is 1.92. The lowest BCUT2D eigenvalue weighted by molar-refractivity contribution is 0.0942. The highest BCUT2D eigenvalue weighted by molar-refractivity contribution is 7.13. The topological polar surface area (TPSA) is 60.2 Å². The van der Waals surface area contributed by atoms with Crippen molar-refractivity contribution < 1.29 is 9.53 Å². The summed E-state index contributed by atoms with van der Waals surface area (Å²) in [6.45, 7) is 4.30. The number of aromatic nitrogens is 3. The number of benzene rings is 1. The van der Waals surface area contributed by atoms with Crippen molar-refractivity contribution in [3.8, 4) is 5.19 Å². The van der Waals surface area contributed by atoms with Gasteiger partial charge in [0.25, 0.3) is 5.19 Å². The molecule has 1 aliphatic heterocycles. The smallest absolute Gasteiger partial charge is 0.273 e. The van der Waals surface area contributed by atoms with Crippen LogP contribution in [0.25, 0.3) is 10.9 Å². The highest BCUT2D eigenvalue weighted by atomic mass is 32.1. The third-order valence-electron chi connectivity index (χ3n) is 8.48. The van der Waals surface area contributed by atoms with Crippen molar-refractivity contribution in [2.24, 2.45) is 24.8 Å². The van der Waals surface area contributed by atoms with Crippen LogP contribution < -0.4 is 4.74 Å². The van der Waals surface area contributed by atoms with Crippen LogP contribution in [0.15, 0.2) is 24.4 Å². The van der Waals surface area contributed by atoms with Crippen molar-refractivity contribution in [3.05, 3.63) is 40.5 Å². The minimum atomic E-state index is 0.281. The third-order valence-corrected chi connectivity index (χ3v) is 9.55. The highest BCUT2D eigenvalue weighted by Crippen LogP contribution is 2.35. The molecule has 0 radical (unpaired) electrons. The van der Waals surface area contributed by atoms with Gasteiger partial charge in [0, 0.05) is 55.0 Å². The first-order chi connectivity index (χ1) is 17.6. The van der Waals surface area contributed by atoms with Crippen LogP contribution in [0.4, 0.5) is 0 Å². The molecule has 2 aromatic heterocycles. The fraction of sp³-hybridized carbons (Fsp3) is 0.621. The Morgan fingerprint density at radius 2 is 1.83 bits per heavy atom. The molecule has 1 aromatic carbocycles. The number of carbonyl (C=O) groups excluding carboxylic acids is 1. The molecule has 3 aliphatic rings. The van der Waals surface area contributed by atoms with E-state index in [2.05, 4.69) is 10.00 Å². The van der Waals surface area contributed by atoms with Gasteiger partial charge in [-0.3, -0.25) is 9.48 Å². The minimum absolute atomic E-state index is 0.281. The minimum Gasteiger partial charge on any atom is -0.470 e. The van der Waals surface area contributed by atoms with E-state index in [1.54, 1.807) is 16.0 Å². The number of aryl methyl sites for hydroxylation is 1. The Morgan fingerprint density at radius 1 is 1.06 bits per heavy atom. The first-order valence-electron chi connectivity index (χ1n) is 13.9. The number of hydrogen-bond acceptors (Lipinski definition) is 6. The van der Waals surface area contributed by atoms with Crippen molar-refractivity contribution in [1.29, 1.82) is 0 Å². The molecule has 192 valence electrons. The average molecular weight is 507 g/mol. The Labute approximate surface area is 218 Å². The van der Waals surface area contributed by atoms with Gasteiger partial charge in [-0.1, -0.05) is 36.3 Å². The van der Waals surface area contributed by atoms with E-state index in [1.807, 2.05) is 31.4 Å². The second kappa shape index (κ2) is 10.6. The molecule has 3 aromatic rings. The molecular formula is C29H38N4O2S. The van der Waals surface area contributed by atoms with E-state index in [0.29, 0.717) is 12.3 Å². The second-order valence-corrected chi connectivity index (χ2v) is 12.3. The zero-order chi connectivity index (χ0) is 24.5. The lowest BCUT2D eigenvalue weighted by Crippen LogP contribution is -2.29. The zero-order valence-electron chi connectivity index (χ0n) is 21.5. The first kappa shape index (κ1) is 24.1. The van der Waals surface area contributed by atoms with Crippen LogP contribution in [0.2, 0.25) is 0 Å². The van der Waals surface area contributed by atoms with E-state index in [-0.39, 0.29) is 5.78 Å². The lowest BCUT2D eigenvalue weighted by Gasteiger charge is -2.30. The molecule has 0 saturated heterocycles. The Hall–Kier alpha value is -2.25. The van der Waals surface area contributed by atoms with Crippen LogP contribution in [-0.4, -0.2) is 51.7 Å². The fourth-order valence-corrected chi connectivity index (χ4v) is 6.96. The molecule has 6 nitrogen and oxygen atoms in total. The maximum absolute atomic E-state index is 13.1. The molecule has 0 unspecified atom stereocenters. The van der Waals surface area contributed by atoms with Gasteiger partial charge in [0.2, 0.25) is 0 Å². The van der Waals surface area contributed by atoms with Crippen LogP contribution in [0.5, 0.6) is 5.19 Å². The molecule has 0 spiro atoms. The van der Waals surface area contributed by atoms with Crippen molar-refractivity contribution >= 4 is 28.0 Å². The predicted molar refractivity (Wildman–Crippen MR) is 144 cm³/mol. The summed E-state index contributed by atoms with van der Waals surface area (Å²) in [5.74, 6) is 2.39. The van der Waals surface area contributed by atoms with Crippen molar-refractivity contribution in [2.45, 2.75) is 64.2 Å². The number of hydrogen-bond donors (Lipinski definition) is 0. The van der Waals surface area contributed by atoms with Crippen LogP contribution >= 0.6 is 11.3 Å². The first-order valence-corrected chi connectivity index (χ1v) is 14.7. The summed E-state index contributed by atoms with van der Waals surface area (Å²) in [5.41, 5.74) is 3.03. The lowest BCUT2D eigenvalue weighted by atomic mass is 9.78. The van der Waals surface area contributed by atoms with E-state index < -0.39 is 0 Å². The Kier molecular flexibility index (Phi) is 7.11. The molecule has 3 heterocycles. The molecule has 7 heteroatoms. The molecule has 0 bridgehead atoms. The van der Waals surface area contributed by atoms with Gasteiger partial charge in [-0.05, 0) is 68.9 Å². The monoisotopic (exact) mass is 506 g/mol. The normalized spacial score (nSPS) is 22.9. The molecule has 36 heavy (non-hydrogen) atoms. The van der Waals surface area contributed by atoms with Gasteiger partial charge in [0.15, 0.2) is 5.78 Å². The molecule has 2 saturated carbocycles. The number of ether oxygens (including phenoxy) is 1. The molecule has 0 amide bonds. The maximum atomic E-state index is 13.1. The van der Waals surface area contributed by atoms with Crippen molar-refractivity contribution in [3.63, 3.8) is 0 Å². The van der Waals surface area contributed by atoms with Crippen molar-refractivity contribution in [1.82, 2.24) is 19.7 Å². The summed E-state index contributed by atoms with van der Waals surface area (Å²) < 4.78 is 7.72. The summed E-state index contributed by atoms with van der Waals surface area (Å²) >= 11 is 1.78. The molecule has 0 N–H and O–H groups in total. The maximum Gasteiger partial charge on any atom is 0.273 e. The average Bonchev–Trinajstić information content (AvgIpc) is 3.56. The van der Waals surface area contributed by atoms with Gasteiger partial charge in [-0.25, -0.2) is 4.98 Å². The molecule has 2 aliphatic carbocycles. The van der Waals surface area contributed by atoms with E-state index >= 15 is 0 Å². The van der Waals surface area contributed by atoms with Gasteiger partial charge in [-0.15, -0.1) is 0 Å². The molecule has 0 atom stereocenters. The summed E-state index contributed by atoms with van der Waals surface area (Å²) in [5, 5.41) is 6.34. The fourth-order valence-electron chi connectivity index (χ4n) is 6.01. The highest BCUT2D eigenvalue weighted by Gasteiger charge is 2.26. The van der Waals surface area contributed by atoms with Crippen LogP contribution in [0, 0.1) is 17.8 Å². The van der Waals surface area contributed by atoms with E-state index in [9.17, 15) is 4.79 Å². The number of nitrogens with zero attached hydrogens (tertiary/aromatic N) is 4. The van der Waals surface area contributed by atoms with Gasteiger partial charge in [0.05, 0.1) is 17.8 Å². The van der Waals surface area contributed by atoms with Crippen molar-refractivity contribution in [2.75, 3.05) is 26.2 Å². The van der Waals surface area contributed by atoms with Gasteiger partial charge in [0.1, 0.15) is 0 Å². The van der Waals surface area contributed by atoms with Gasteiger partial charge in [-0.2, -0.15) is 5.10 Å². The van der Waals surface area contributed by atoms with E-state index in [4.69, 9.17) is 9.72 Å². The Morgan fingerprint density at radius 3 is 2.67 bits per heavy atom. The third kappa shape index (κ3) is 5.67. The second-order valence-electron chi connectivity index (χ2n) is 11.3. The summed E-state index contributed by atoms with van der Waals surface area (Å²) in [6, 6.07) is 5.91. The van der Waals surface area contributed by atoms with Gasteiger partial charge >= 0.3 is 0 Å². The number of ketones is 1. The van der Waals surface area contributed by atoms with E-state index in [1.165, 1.54) is 62.1 Å². The van der Waals surface area contributed by atoms with E-state index in [0.717, 1.165) is 66.0 Å². The number of carbonyl (C=O) groups is 1. The molecule has 6 rings (SSSR count). The summed E-state index contributed by atoms with van der Waals surface area (Å²) in [4.78, 5) is 22.0. The quantitative estimate of drug-likeness (QED) is 0.349. The largest absolute Gasteiger partial charge is 0.470 e.